The van der Waals surface area contributed by atoms with Crippen molar-refractivity contribution in [1.29, 1.82) is 0 Å². The van der Waals surface area contributed by atoms with Crippen LogP contribution in [0.4, 0.5) is 83.4 Å². The summed E-state index contributed by atoms with van der Waals surface area (Å²) >= 11 is 3.99. The van der Waals surface area contributed by atoms with Gasteiger partial charge in [-0.1, -0.05) is 45.9 Å². The van der Waals surface area contributed by atoms with Crippen LogP contribution in [-0.4, -0.2) is 183 Å². The first-order chi connectivity index (χ1) is 42.4. The van der Waals surface area contributed by atoms with Crippen LogP contribution in [0, 0.1) is 11.8 Å². The molecule has 1 aromatic carbocycles. The SMILES string of the molecule is CC(C)C[C@H](NC(=O)[C@H](Cc1cnc[nH]1)NC(=O)CNC(=O)[C@@H](NC(=O)[C@H](C)NC(=O)[C@H](Cc1c[nH]c2ccccc12)NC(=O)[C@H](CCC(N)=O)NCC(F)(F)C(F)(F)C(F)(F)C(F)(F)C(F)(F)C(F)(F)C(F)(F)C(F)(F)C(F)(F)F)C(C)C)C(=O)N[C@@H](CS)C(N)=O. The maximum atomic E-state index is 15.2. The number of hydrogen-bond donors (Lipinski definition) is 13. The van der Waals surface area contributed by atoms with Gasteiger partial charge in [0.25, 0.3) is 0 Å². The van der Waals surface area contributed by atoms with Gasteiger partial charge in [-0.05, 0) is 43.2 Å². The molecule has 0 saturated heterocycles. The van der Waals surface area contributed by atoms with Crippen LogP contribution in [0.2, 0.25) is 0 Å². The summed E-state index contributed by atoms with van der Waals surface area (Å²) in [7, 11) is 0. The molecule has 2 aromatic heterocycles. The molecule has 0 fully saturated rings. The van der Waals surface area contributed by atoms with E-state index in [1.807, 2.05) is 5.32 Å². The third-order valence-corrected chi connectivity index (χ3v) is 14.1. The van der Waals surface area contributed by atoms with Gasteiger partial charge >= 0.3 is 53.6 Å². The smallest absolute Gasteiger partial charge is 0.370 e. The Bertz CT molecular complexity index is 3140. The van der Waals surface area contributed by atoms with Crippen molar-refractivity contribution in [2.45, 2.75) is 163 Å². The van der Waals surface area contributed by atoms with E-state index < -0.39 is 187 Å². The van der Waals surface area contributed by atoms with E-state index in [1.165, 1.54) is 56.8 Å². The summed E-state index contributed by atoms with van der Waals surface area (Å²) in [5.74, 6) is -81.3. The highest BCUT2D eigenvalue weighted by Gasteiger charge is 2.96. The molecule has 3 aromatic rings. The molecule has 9 amide bonds. The number of amides is 9. The predicted octanol–water partition coefficient (Wildman–Crippen LogP) is 3.71. The number of hydrogen-bond acceptors (Lipinski definition) is 12. The summed E-state index contributed by atoms with van der Waals surface area (Å²) in [5, 5.41) is 17.2. The number of imidazole rings is 1. The van der Waals surface area contributed by atoms with E-state index in [-0.39, 0.29) is 35.5 Å². The lowest BCUT2D eigenvalue weighted by molar-refractivity contribution is -0.468. The zero-order chi connectivity index (χ0) is 71.6. The molecule has 22 nitrogen and oxygen atoms in total. The molecule has 93 heavy (non-hydrogen) atoms. The van der Waals surface area contributed by atoms with E-state index in [0.717, 1.165) is 12.2 Å². The van der Waals surface area contributed by atoms with Gasteiger partial charge in [-0.15, -0.1) is 0 Å². The summed E-state index contributed by atoms with van der Waals surface area (Å²) in [6.45, 7) is 2.87. The summed E-state index contributed by atoms with van der Waals surface area (Å²) in [4.78, 5) is 128. The molecule has 3 rings (SSSR count). The second-order valence-corrected chi connectivity index (χ2v) is 22.1. The third kappa shape index (κ3) is 18.1. The molecule has 524 valence electrons. The number of aromatic amines is 2. The van der Waals surface area contributed by atoms with Gasteiger partial charge in [0.15, 0.2) is 0 Å². The molecule has 0 aliphatic heterocycles. The van der Waals surface area contributed by atoms with Crippen LogP contribution in [0.3, 0.4) is 0 Å². The van der Waals surface area contributed by atoms with Crippen molar-refractivity contribution in [3.63, 3.8) is 0 Å². The number of carbonyl (C=O) groups excluding carboxylic acids is 9. The maximum absolute atomic E-state index is 15.2. The Labute approximate surface area is 518 Å². The number of fused-ring (bicyclic) bond motifs is 1. The molecule has 0 saturated carbocycles. The third-order valence-electron chi connectivity index (χ3n) is 13.7. The topological polar surface area (TPSA) is 346 Å². The number of halogens is 19. The Morgan fingerprint density at radius 2 is 1.05 bits per heavy atom. The highest BCUT2D eigenvalue weighted by atomic mass is 32.1. The van der Waals surface area contributed by atoms with Gasteiger partial charge in [-0.25, -0.2) is 4.98 Å². The summed E-state index contributed by atoms with van der Waals surface area (Å²) in [6.07, 6.45) is -7.86. The lowest BCUT2D eigenvalue weighted by atomic mass is 9.87. The summed E-state index contributed by atoms with van der Waals surface area (Å²) in [5.41, 5.74) is 11.0. The number of H-pyrrole nitrogens is 2. The molecule has 7 atom stereocenters. The Balaban J connectivity index is 1.90. The largest absolute Gasteiger partial charge is 0.460 e. The van der Waals surface area contributed by atoms with Gasteiger partial charge in [-0.2, -0.15) is 96.0 Å². The minimum atomic E-state index is -9.20. The van der Waals surface area contributed by atoms with Crippen LogP contribution in [0.1, 0.15) is 65.1 Å². The van der Waals surface area contributed by atoms with Crippen LogP contribution in [0.5, 0.6) is 0 Å². The average Bonchev–Trinajstić information content (AvgIpc) is 0.988. The van der Waals surface area contributed by atoms with Crippen molar-refractivity contribution in [3.05, 3.63) is 54.2 Å². The van der Waals surface area contributed by atoms with E-state index >= 15 is 8.78 Å². The summed E-state index contributed by atoms with van der Waals surface area (Å²) in [6, 6.07) is -6.45. The van der Waals surface area contributed by atoms with Crippen LogP contribution < -0.4 is 54.0 Å². The van der Waals surface area contributed by atoms with E-state index in [4.69, 9.17) is 11.5 Å². The van der Waals surface area contributed by atoms with E-state index in [0.29, 0.717) is 11.2 Å². The first-order valence-corrected chi connectivity index (χ1v) is 27.6. The molecule has 0 radical (unpaired) electrons. The lowest BCUT2D eigenvalue weighted by Crippen LogP contribution is -2.76. The highest BCUT2D eigenvalue weighted by molar-refractivity contribution is 7.80. The zero-order valence-corrected chi connectivity index (χ0v) is 49.7. The van der Waals surface area contributed by atoms with E-state index in [1.54, 1.807) is 13.8 Å². The molecular formula is C51H62F19N13O9S. The van der Waals surface area contributed by atoms with Crippen molar-refractivity contribution < 1.29 is 127 Å². The van der Waals surface area contributed by atoms with Gasteiger partial charge in [0, 0.05) is 54.0 Å². The van der Waals surface area contributed by atoms with E-state index in [2.05, 4.69) is 59.5 Å². The van der Waals surface area contributed by atoms with E-state index in [9.17, 15) is 118 Å². The average molecular weight is 1390 g/mol. The molecule has 0 aliphatic carbocycles. The molecule has 42 heteroatoms. The lowest BCUT2D eigenvalue weighted by Gasteiger charge is -2.43. The molecule has 14 N–H and O–H groups in total. The fraction of sp³-hybridized carbons (Fsp3) is 0.608. The number of primary amides is 2. The normalized spacial score (nSPS) is 15.5. The highest BCUT2D eigenvalue weighted by Crippen LogP contribution is 2.65. The Morgan fingerprint density at radius 1 is 0.559 bits per heavy atom. The number of aromatic nitrogens is 3. The van der Waals surface area contributed by atoms with Gasteiger partial charge < -0.3 is 58.7 Å². The van der Waals surface area contributed by atoms with Crippen molar-refractivity contribution >= 4 is 76.7 Å². The second-order valence-electron chi connectivity index (χ2n) is 21.7. The quantitative estimate of drug-likeness (QED) is 0.0294. The second kappa shape index (κ2) is 30.5. The number of nitrogens with one attached hydrogen (secondary N) is 10. The summed E-state index contributed by atoms with van der Waals surface area (Å²) < 4.78 is 267. The van der Waals surface area contributed by atoms with Crippen LogP contribution in [-0.2, 0) is 56.0 Å². The van der Waals surface area contributed by atoms with Gasteiger partial charge in [0.2, 0.25) is 53.2 Å². The Morgan fingerprint density at radius 3 is 1.56 bits per heavy atom. The van der Waals surface area contributed by atoms with Crippen molar-refractivity contribution in [1.82, 2.24) is 57.5 Å². The van der Waals surface area contributed by atoms with Crippen LogP contribution >= 0.6 is 12.6 Å². The number of benzene rings is 1. The van der Waals surface area contributed by atoms with Gasteiger partial charge in [0.05, 0.1) is 25.5 Å². The number of alkyl halides is 19. The number of thiol groups is 1. The molecule has 0 unspecified atom stereocenters. The Kier molecular flexibility index (Phi) is 26.0. The van der Waals surface area contributed by atoms with Gasteiger partial charge in [0.1, 0.15) is 36.3 Å². The maximum Gasteiger partial charge on any atom is 0.460 e. The first-order valence-electron chi connectivity index (χ1n) is 27.0. The molecule has 0 aliphatic rings. The predicted molar refractivity (Wildman–Crippen MR) is 288 cm³/mol. The number of para-hydroxylation sites is 1. The van der Waals surface area contributed by atoms with Crippen molar-refractivity contribution in [2.75, 3.05) is 18.8 Å². The van der Waals surface area contributed by atoms with Gasteiger partial charge in [-0.3, -0.25) is 48.5 Å². The number of nitrogens with two attached hydrogens (primary N) is 2. The zero-order valence-electron chi connectivity index (χ0n) is 48.8. The molecular weight excluding hydrogens is 1330 g/mol. The standard InChI is InChI=1S/C51H62F19N13O9S/c1-21(2)12-29(40(90)82-32(18-93)36(72)86)80-41(91)31(14-25-16-73-20-77-25)79-34(85)17-75-42(92)35(22(3)4)83-37(87)23(5)78-39(89)30(13-24-15-74-27-9-7-6-8-26(24)27)81-38(88)28(10-11-33(71)84)76-19-43(52,53)44(54,55)45(56,57)46(58,59)47(60,61)48(62,63)49(64,65)50(66,67)51(68,69)70/h6-9,15-16,20-23,28-32,35,74,76,93H,10-14,17-19H2,1-5H3,(H2,71,84)(H2,72,86)(H,73,77)(H,75,92)(H,78,89)(H,79,85)(H,80,91)(H,81,88)(H,82,90)(H,83,87)/t23-,28-,29-,30-,31-,32-,35-/m0/s1. The molecule has 0 bridgehead atoms. The fourth-order valence-corrected chi connectivity index (χ4v) is 8.64. The number of rotatable bonds is 36. The minimum Gasteiger partial charge on any atom is -0.370 e. The fourth-order valence-electron chi connectivity index (χ4n) is 8.37. The molecule has 2 heterocycles. The van der Waals surface area contributed by atoms with Crippen LogP contribution in [0.15, 0.2) is 43.0 Å². The Hall–Kier alpha value is -7.82. The van der Waals surface area contributed by atoms with Crippen molar-refractivity contribution in [3.8, 4) is 0 Å². The van der Waals surface area contributed by atoms with Crippen molar-refractivity contribution in [2.24, 2.45) is 23.3 Å². The number of carbonyl (C=O) groups is 9. The minimum absolute atomic E-state index is 0.0252. The number of nitrogens with zero attached hydrogens (tertiary/aromatic N) is 1. The van der Waals surface area contributed by atoms with Crippen LogP contribution in [0.25, 0.3) is 10.9 Å². The first kappa shape index (κ1) is 79.4. The monoisotopic (exact) mass is 1390 g/mol. The molecule has 0 spiro atoms.